The standard InChI is InChI=1S/C11H16F2O2.C11H16O3/c1-15-9(14)11-5-2-10(3-6-11,4-7-11)8(12)13;1-14-9(13)11-5-2-10(8-12,3-6-11)4-7-11/h8H,2-7H2,1H3;8H,2-7H2,1H3. The Morgan fingerprint density at radius 1 is 0.724 bits per heavy atom. The minimum absolute atomic E-state index is 0.0725. The molecule has 0 aromatic heterocycles. The Morgan fingerprint density at radius 2 is 1.07 bits per heavy atom. The number of halogens is 2. The van der Waals surface area contributed by atoms with Crippen LogP contribution in [0.1, 0.15) is 77.0 Å². The summed E-state index contributed by atoms with van der Waals surface area (Å²) in [7, 11) is 2.83. The van der Waals surface area contributed by atoms with Crippen LogP contribution in [0.4, 0.5) is 8.78 Å². The van der Waals surface area contributed by atoms with E-state index in [0.29, 0.717) is 38.5 Å². The summed E-state index contributed by atoms with van der Waals surface area (Å²) in [4.78, 5) is 34.2. The molecule has 0 radical (unpaired) electrons. The quantitative estimate of drug-likeness (QED) is 0.502. The van der Waals surface area contributed by atoms with Crippen molar-refractivity contribution in [1.82, 2.24) is 0 Å². The summed E-state index contributed by atoms with van der Waals surface area (Å²) in [6.45, 7) is 0. The average Bonchev–Trinajstić information content (AvgIpc) is 2.80. The summed E-state index contributed by atoms with van der Waals surface area (Å²) in [5, 5.41) is 0. The third kappa shape index (κ3) is 3.70. The van der Waals surface area contributed by atoms with Crippen LogP contribution in [0.15, 0.2) is 0 Å². The van der Waals surface area contributed by atoms with Crippen molar-refractivity contribution < 1.29 is 32.6 Å². The van der Waals surface area contributed by atoms with Gasteiger partial charge in [0.05, 0.1) is 25.0 Å². The number of aldehydes is 1. The predicted octanol–water partition coefficient (Wildman–Crippen LogP) is 4.46. The molecule has 6 aliphatic carbocycles. The first kappa shape index (κ1) is 22.2. The zero-order valence-corrected chi connectivity index (χ0v) is 17.4. The number of methoxy groups -OCH3 is 2. The molecule has 0 spiro atoms. The summed E-state index contributed by atoms with van der Waals surface area (Å²) in [6.07, 6.45) is 7.09. The molecule has 0 saturated heterocycles. The summed E-state index contributed by atoms with van der Waals surface area (Å²) in [6, 6.07) is 0. The lowest BCUT2D eigenvalue weighted by Gasteiger charge is -2.51. The first-order chi connectivity index (χ1) is 13.7. The highest BCUT2D eigenvalue weighted by Gasteiger charge is 2.56. The zero-order valence-electron chi connectivity index (χ0n) is 17.4. The van der Waals surface area contributed by atoms with Gasteiger partial charge in [0.1, 0.15) is 6.29 Å². The minimum atomic E-state index is -2.24. The molecule has 0 aromatic carbocycles. The summed E-state index contributed by atoms with van der Waals surface area (Å²) in [5.41, 5.74) is -1.59. The van der Waals surface area contributed by atoms with E-state index in [0.717, 1.165) is 44.8 Å². The van der Waals surface area contributed by atoms with Gasteiger partial charge in [-0.3, -0.25) is 9.59 Å². The normalized spacial score (nSPS) is 40.0. The molecule has 6 aliphatic rings. The smallest absolute Gasteiger partial charge is 0.311 e. The second-order valence-electron chi connectivity index (χ2n) is 9.69. The molecule has 29 heavy (non-hydrogen) atoms. The van der Waals surface area contributed by atoms with Gasteiger partial charge in [0.15, 0.2) is 0 Å². The second kappa shape index (κ2) is 7.95. The topological polar surface area (TPSA) is 69.7 Å². The van der Waals surface area contributed by atoms with Crippen LogP contribution < -0.4 is 0 Å². The first-order valence-corrected chi connectivity index (χ1v) is 10.6. The van der Waals surface area contributed by atoms with Crippen LogP contribution in [0, 0.1) is 21.7 Å². The van der Waals surface area contributed by atoms with Crippen LogP contribution in [-0.4, -0.2) is 38.9 Å². The lowest BCUT2D eigenvalue weighted by molar-refractivity contribution is -0.170. The van der Waals surface area contributed by atoms with E-state index in [4.69, 9.17) is 9.47 Å². The van der Waals surface area contributed by atoms with E-state index in [-0.39, 0.29) is 22.8 Å². The molecule has 0 aromatic rings. The number of carbonyl (C=O) groups excluding carboxylic acids is 3. The molecule has 0 amide bonds. The van der Waals surface area contributed by atoms with Gasteiger partial charge in [0.2, 0.25) is 6.43 Å². The molecular weight excluding hydrogens is 382 g/mol. The number of rotatable bonds is 4. The van der Waals surface area contributed by atoms with Crippen molar-refractivity contribution in [1.29, 1.82) is 0 Å². The highest BCUT2D eigenvalue weighted by Crippen LogP contribution is 2.59. The van der Waals surface area contributed by atoms with Crippen molar-refractivity contribution in [2.24, 2.45) is 21.7 Å². The van der Waals surface area contributed by atoms with Gasteiger partial charge in [-0.1, -0.05) is 0 Å². The average molecular weight is 414 g/mol. The van der Waals surface area contributed by atoms with Gasteiger partial charge in [-0.2, -0.15) is 0 Å². The lowest BCUT2D eigenvalue weighted by atomic mass is 9.54. The van der Waals surface area contributed by atoms with Crippen LogP contribution >= 0.6 is 0 Å². The van der Waals surface area contributed by atoms with E-state index in [1.165, 1.54) is 14.2 Å². The zero-order chi connectivity index (χ0) is 21.3. The predicted molar refractivity (Wildman–Crippen MR) is 101 cm³/mol. The molecule has 164 valence electrons. The molecule has 0 atom stereocenters. The Morgan fingerprint density at radius 3 is 1.34 bits per heavy atom. The maximum absolute atomic E-state index is 12.9. The van der Waals surface area contributed by atoms with Gasteiger partial charge in [-0.05, 0) is 77.0 Å². The number of hydrogen-bond acceptors (Lipinski definition) is 5. The number of hydrogen-bond donors (Lipinski definition) is 0. The molecule has 7 heteroatoms. The van der Waals surface area contributed by atoms with Crippen LogP contribution in [0.3, 0.4) is 0 Å². The molecule has 0 aliphatic heterocycles. The van der Waals surface area contributed by atoms with Crippen molar-refractivity contribution in [2.75, 3.05) is 14.2 Å². The molecule has 0 unspecified atom stereocenters. The van der Waals surface area contributed by atoms with E-state index in [1.54, 1.807) is 0 Å². The molecular formula is C22H32F2O5. The third-order valence-electron chi connectivity index (χ3n) is 8.56. The van der Waals surface area contributed by atoms with Gasteiger partial charge in [-0.25, -0.2) is 8.78 Å². The molecule has 0 N–H and O–H groups in total. The molecule has 4 bridgehead atoms. The largest absolute Gasteiger partial charge is 0.469 e. The minimum Gasteiger partial charge on any atom is -0.469 e. The number of alkyl halides is 2. The van der Waals surface area contributed by atoms with E-state index < -0.39 is 17.3 Å². The van der Waals surface area contributed by atoms with Gasteiger partial charge >= 0.3 is 11.9 Å². The van der Waals surface area contributed by atoms with Gasteiger partial charge < -0.3 is 14.3 Å². The van der Waals surface area contributed by atoms with E-state index in [1.807, 2.05) is 0 Å². The number of fused-ring (bicyclic) bond motifs is 6. The fraction of sp³-hybridized carbons (Fsp3) is 0.864. The van der Waals surface area contributed by atoms with Crippen LogP contribution in [0.2, 0.25) is 0 Å². The van der Waals surface area contributed by atoms with Crippen LogP contribution in [0.5, 0.6) is 0 Å². The van der Waals surface area contributed by atoms with Crippen LogP contribution in [-0.2, 0) is 23.9 Å². The lowest BCUT2D eigenvalue weighted by Crippen LogP contribution is -2.49. The number of ether oxygens (including phenoxy) is 2. The highest BCUT2D eigenvalue weighted by molar-refractivity contribution is 5.78. The summed E-state index contributed by atoms with van der Waals surface area (Å²) >= 11 is 0. The van der Waals surface area contributed by atoms with Crippen molar-refractivity contribution in [3.8, 4) is 0 Å². The Hall–Kier alpha value is -1.53. The molecule has 6 fully saturated rings. The highest BCUT2D eigenvalue weighted by atomic mass is 19.3. The maximum atomic E-state index is 12.9. The third-order valence-corrected chi connectivity index (χ3v) is 8.56. The number of esters is 2. The molecule has 6 saturated carbocycles. The molecule has 0 heterocycles. The molecule has 6 rings (SSSR count). The van der Waals surface area contributed by atoms with Gasteiger partial charge in [0, 0.05) is 10.8 Å². The first-order valence-electron chi connectivity index (χ1n) is 10.6. The fourth-order valence-electron chi connectivity index (χ4n) is 5.98. The van der Waals surface area contributed by atoms with Crippen molar-refractivity contribution in [2.45, 2.75) is 83.5 Å². The Labute approximate surface area is 170 Å². The Bertz CT molecular complexity index is 611. The SMILES string of the molecule is COC(=O)C12CCC(C(F)F)(CC1)CC2.COC(=O)C12CCC(C=O)(CC1)CC2. The fourth-order valence-corrected chi connectivity index (χ4v) is 5.98. The summed E-state index contributed by atoms with van der Waals surface area (Å²) < 4.78 is 35.4. The van der Waals surface area contributed by atoms with E-state index >= 15 is 0 Å². The monoisotopic (exact) mass is 414 g/mol. The van der Waals surface area contributed by atoms with Crippen molar-refractivity contribution in [3.63, 3.8) is 0 Å². The Balaban J connectivity index is 0.000000166. The number of carbonyl (C=O) groups is 3. The summed E-state index contributed by atoms with van der Waals surface area (Å²) in [5.74, 6) is -0.276. The van der Waals surface area contributed by atoms with Crippen molar-refractivity contribution in [3.05, 3.63) is 0 Å². The second-order valence-corrected chi connectivity index (χ2v) is 9.69. The molecule has 5 nitrogen and oxygen atoms in total. The van der Waals surface area contributed by atoms with Crippen LogP contribution in [0.25, 0.3) is 0 Å². The van der Waals surface area contributed by atoms with Gasteiger partial charge in [-0.15, -0.1) is 0 Å². The maximum Gasteiger partial charge on any atom is 0.311 e. The van der Waals surface area contributed by atoms with E-state index in [2.05, 4.69) is 0 Å². The van der Waals surface area contributed by atoms with Crippen molar-refractivity contribution >= 4 is 18.2 Å². The van der Waals surface area contributed by atoms with Gasteiger partial charge in [0.25, 0.3) is 0 Å². The Kier molecular flexibility index (Phi) is 6.08. The van der Waals surface area contributed by atoms with E-state index in [9.17, 15) is 23.2 Å².